The molecule has 27 heavy (non-hydrogen) atoms. The van der Waals surface area contributed by atoms with Crippen LogP contribution in [0.3, 0.4) is 0 Å². The number of hydrogen-bond acceptors (Lipinski definition) is 2. The van der Waals surface area contributed by atoms with E-state index in [0.29, 0.717) is 5.92 Å². The third-order valence-corrected chi connectivity index (χ3v) is 5.70. The monoisotopic (exact) mass is 357 g/mol. The molecule has 1 aliphatic carbocycles. The van der Waals surface area contributed by atoms with E-state index in [1.807, 2.05) is 0 Å². The van der Waals surface area contributed by atoms with Crippen molar-refractivity contribution in [1.29, 1.82) is 0 Å². The maximum absolute atomic E-state index is 10.6. The van der Waals surface area contributed by atoms with Crippen molar-refractivity contribution in [2.24, 2.45) is 0 Å². The lowest BCUT2D eigenvalue weighted by Crippen LogP contribution is -2.46. The molecule has 3 aromatic rings. The number of rotatable bonds is 6. The third-order valence-electron chi connectivity index (χ3n) is 5.70. The second kappa shape index (κ2) is 8.51. The van der Waals surface area contributed by atoms with Crippen molar-refractivity contribution in [3.05, 3.63) is 107 Å². The summed E-state index contributed by atoms with van der Waals surface area (Å²) < 4.78 is 0. The van der Waals surface area contributed by atoms with Crippen LogP contribution in [0.25, 0.3) is 0 Å². The van der Waals surface area contributed by atoms with E-state index in [1.165, 1.54) is 22.3 Å². The van der Waals surface area contributed by atoms with Crippen molar-refractivity contribution in [3.8, 4) is 0 Å². The molecule has 2 atom stereocenters. The van der Waals surface area contributed by atoms with Crippen molar-refractivity contribution >= 4 is 0 Å². The molecule has 2 unspecified atom stereocenters. The summed E-state index contributed by atoms with van der Waals surface area (Å²) in [5, 5.41) is 14.2. The lowest BCUT2D eigenvalue weighted by atomic mass is 9.85. The quantitative estimate of drug-likeness (QED) is 0.688. The number of nitrogens with one attached hydrogen (secondary N) is 1. The Labute approximate surface area is 161 Å². The van der Waals surface area contributed by atoms with Crippen molar-refractivity contribution in [2.75, 3.05) is 6.54 Å². The zero-order valence-electron chi connectivity index (χ0n) is 15.6. The van der Waals surface area contributed by atoms with E-state index < -0.39 is 0 Å². The average molecular weight is 357 g/mol. The molecule has 0 bridgehead atoms. The Morgan fingerprint density at radius 3 is 1.85 bits per heavy atom. The molecular formula is C25H27NO. The van der Waals surface area contributed by atoms with E-state index >= 15 is 0 Å². The van der Waals surface area contributed by atoms with Crippen LogP contribution < -0.4 is 5.32 Å². The summed E-state index contributed by atoms with van der Waals surface area (Å²) in [6.45, 7) is 0.887. The molecule has 0 spiro atoms. The van der Waals surface area contributed by atoms with Gasteiger partial charge >= 0.3 is 0 Å². The van der Waals surface area contributed by atoms with Gasteiger partial charge in [-0.2, -0.15) is 0 Å². The fourth-order valence-electron chi connectivity index (χ4n) is 4.21. The van der Waals surface area contributed by atoms with E-state index in [2.05, 4.69) is 90.2 Å². The summed E-state index contributed by atoms with van der Waals surface area (Å²) in [6.07, 6.45) is 2.35. The van der Waals surface area contributed by atoms with Gasteiger partial charge in [-0.05, 0) is 41.6 Å². The Morgan fingerprint density at radius 2 is 1.26 bits per heavy atom. The zero-order chi connectivity index (χ0) is 18.5. The van der Waals surface area contributed by atoms with E-state index in [9.17, 15) is 5.11 Å². The fourth-order valence-corrected chi connectivity index (χ4v) is 4.21. The predicted octanol–water partition coefficient (Wildman–Crippen LogP) is 4.33. The van der Waals surface area contributed by atoms with Crippen LogP contribution in [-0.2, 0) is 12.8 Å². The largest absolute Gasteiger partial charge is 0.391 e. The van der Waals surface area contributed by atoms with E-state index in [4.69, 9.17) is 0 Å². The molecule has 1 aliphatic rings. The summed E-state index contributed by atoms with van der Waals surface area (Å²) in [5.41, 5.74) is 5.34. The van der Waals surface area contributed by atoms with Crippen molar-refractivity contribution in [3.63, 3.8) is 0 Å². The summed E-state index contributed by atoms with van der Waals surface area (Å²) in [6, 6.07) is 30.0. The summed E-state index contributed by atoms with van der Waals surface area (Å²) >= 11 is 0. The molecule has 3 aromatic carbocycles. The average Bonchev–Trinajstić information content (AvgIpc) is 2.73. The molecule has 0 amide bonds. The highest BCUT2D eigenvalue weighted by Gasteiger charge is 2.26. The van der Waals surface area contributed by atoms with Crippen LogP contribution in [0.2, 0.25) is 0 Å². The SMILES string of the molecule is OC1Cc2ccccc2CC1NCCC(c1ccccc1)c1ccccc1. The van der Waals surface area contributed by atoms with Gasteiger partial charge in [0.15, 0.2) is 0 Å². The first kappa shape index (κ1) is 18.0. The second-order valence-electron chi connectivity index (χ2n) is 7.47. The van der Waals surface area contributed by atoms with Crippen LogP contribution in [0.1, 0.15) is 34.6 Å². The minimum absolute atomic E-state index is 0.132. The lowest BCUT2D eigenvalue weighted by molar-refractivity contribution is 0.119. The third kappa shape index (κ3) is 4.29. The predicted molar refractivity (Wildman–Crippen MR) is 111 cm³/mol. The highest BCUT2D eigenvalue weighted by Crippen LogP contribution is 2.28. The van der Waals surface area contributed by atoms with Crippen molar-refractivity contribution < 1.29 is 5.11 Å². The molecule has 0 saturated carbocycles. The Kier molecular flexibility index (Phi) is 5.66. The first-order valence-corrected chi connectivity index (χ1v) is 9.89. The minimum atomic E-state index is -0.313. The van der Waals surface area contributed by atoms with Gasteiger partial charge in [0.25, 0.3) is 0 Å². The van der Waals surface area contributed by atoms with Gasteiger partial charge in [-0.1, -0.05) is 84.9 Å². The van der Waals surface area contributed by atoms with Gasteiger partial charge in [-0.25, -0.2) is 0 Å². The van der Waals surface area contributed by atoms with Crippen LogP contribution >= 0.6 is 0 Å². The number of aliphatic hydroxyl groups is 1. The Hall–Kier alpha value is -2.42. The molecule has 0 radical (unpaired) electrons. The van der Waals surface area contributed by atoms with Crippen LogP contribution in [0.15, 0.2) is 84.9 Å². The number of benzene rings is 3. The van der Waals surface area contributed by atoms with Crippen LogP contribution in [0, 0.1) is 0 Å². The topological polar surface area (TPSA) is 32.3 Å². The van der Waals surface area contributed by atoms with Crippen LogP contribution in [0.4, 0.5) is 0 Å². The van der Waals surface area contributed by atoms with Gasteiger partial charge < -0.3 is 10.4 Å². The molecule has 4 rings (SSSR count). The number of aliphatic hydroxyl groups excluding tert-OH is 1. The number of hydrogen-bond donors (Lipinski definition) is 2. The summed E-state index contributed by atoms with van der Waals surface area (Å²) in [4.78, 5) is 0. The van der Waals surface area contributed by atoms with Crippen molar-refractivity contribution in [2.45, 2.75) is 37.3 Å². The van der Waals surface area contributed by atoms with Crippen LogP contribution in [-0.4, -0.2) is 23.8 Å². The normalized spacial score (nSPS) is 19.0. The first-order valence-electron chi connectivity index (χ1n) is 9.89. The molecule has 2 N–H and O–H groups in total. The molecule has 0 heterocycles. The van der Waals surface area contributed by atoms with Crippen molar-refractivity contribution in [1.82, 2.24) is 5.32 Å². The number of fused-ring (bicyclic) bond motifs is 1. The summed E-state index contributed by atoms with van der Waals surface area (Å²) in [5.74, 6) is 0.368. The molecule has 0 fully saturated rings. The maximum Gasteiger partial charge on any atom is 0.0736 e. The first-order chi connectivity index (χ1) is 13.3. The lowest BCUT2D eigenvalue weighted by Gasteiger charge is -2.31. The Bertz CT molecular complexity index is 807. The molecule has 0 aliphatic heterocycles. The van der Waals surface area contributed by atoms with Gasteiger partial charge in [0, 0.05) is 18.4 Å². The van der Waals surface area contributed by atoms with Gasteiger partial charge in [0.05, 0.1) is 6.10 Å². The van der Waals surface area contributed by atoms with Gasteiger partial charge in [-0.15, -0.1) is 0 Å². The van der Waals surface area contributed by atoms with Gasteiger partial charge in [0.1, 0.15) is 0 Å². The Morgan fingerprint density at radius 1 is 0.741 bits per heavy atom. The molecule has 0 saturated heterocycles. The van der Waals surface area contributed by atoms with Gasteiger partial charge in [0.2, 0.25) is 0 Å². The van der Waals surface area contributed by atoms with E-state index in [1.54, 1.807) is 0 Å². The van der Waals surface area contributed by atoms with Crippen LogP contribution in [0.5, 0.6) is 0 Å². The minimum Gasteiger partial charge on any atom is -0.391 e. The summed E-state index contributed by atoms with van der Waals surface area (Å²) in [7, 11) is 0. The zero-order valence-corrected chi connectivity index (χ0v) is 15.6. The molecule has 2 nitrogen and oxygen atoms in total. The van der Waals surface area contributed by atoms with Gasteiger partial charge in [-0.3, -0.25) is 0 Å². The Balaban J connectivity index is 1.43. The fraction of sp³-hybridized carbons (Fsp3) is 0.280. The molecular weight excluding hydrogens is 330 g/mol. The second-order valence-corrected chi connectivity index (χ2v) is 7.47. The van der Waals surface area contributed by atoms with E-state index in [-0.39, 0.29) is 12.1 Å². The smallest absolute Gasteiger partial charge is 0.0736 e. The highest BCUT2D eigenvalue weighted by atomic mass is 16.3. The van der Waals surface area contributed by atoms with E-state index in [0.717, 1.165) is 25.8 Å². The highest BCUT2D eigenvalue weighted by molar-refractivity contribution is 5.33. The maximum atomic E-state index is 10.6. The molecule has 2 heteroatoms. The standard InChI is InChI=1S/C25H27NO/c27-25-18-22-14-8-7-13-21(22)17-24(25)26-16-15-23(19-9-3-1-4-10-19)20-11-5-2-6-12-20/h1-14,23-27H,15-18H2. The molecule has 0 aromatic heterocycles. The molecule has 138 valence electrons.